The highest BCUT2D eigenvalue weighted by molar-refractivity contribution is 7.11. The van der Waals surface area contributed by atoms with E-state index in [9.17, 15) is 5.11 Å². The van der Waals surface area contributed by atoms with E-state index < -0.39 is 0 Å². The number of aryl methyl sites for hydroxylation is 1. The van der Waals surface area contributed by atoms with Crippen LogP contribution in [0.4, 0.5) is 0 Å². The van der Waals surface area contributed by atoms with Crippen LogP contribution in [0.5, 0.6) is 5.75 Å². The van der Waals surface area contributed by atoms with Gasteiger partial charge in [0.2, 0.25) is 0 Å². The molecule has 1 fully saturated rings. The molecule has 2 aromatic rings. The Balaban J connectivity index is 1.59. The van der Waals surface area contributed by atoms with Crippen LogP contribution in [0.2, 0.25) is 0 Å². The van der Waals surface area contributed by atoms with Crippen molar-refractivity contribution in [2.24, 2.45) is 5.92 Å². The SMILES string of the molecule is Cc1ccc(CN2Cc3ccccc3OC3(CCC(CO)CC3)C2)s1. The van der Waals surface area contributed by atoms with Crippen LogP contribution in [0.15, 0.2) is 36.4 Å². The van der Waals surface area contributed by atoms with Gasteiger partial charge in [-0.2, -0.15) is 0 Å². The molecular formula is C21H27NO2S. The highest BCUT2D eigenvalue weighted by Gasteiger charge is 2.40. The zero-order chi connectivity index (χ0) is 17.3. The summed E-state index contributed by atoms with van der Waals surface area (Å²) in [5.74, 6) is 1.50. The standard InChI is InChI=1S/C21H27NO2S/c1-16-6-7-19(25-16)13-22-12-18-4-2-3-5-20(18)24-21(15-22)10-8-17(14-23)9-11-21/h2-7,17,23H,8-15H2,1H3. The van der Waals surface area contributed by atoms with Gasteiger partial charge in [0.25, 0.3) is 0 Å². The summed E-state index contributed by atoms with van der Waals surface area (Å²) in [6, 6.07) is 13.0. The maximum atomic E-state index is 9.49. The molecule has 0 amide bonds. The van der Waals surface area contributed by atoms with Gasteiger partial charge in [-0.15, -0.1) is 11.3 Å². The van der Waals surface area contributed by atoms with Crippen LogP contribution in [-0.2, 0) is 13.1 Å². The lowest BCUT2D eigenvalue weighted by atomic mass is 9.78. The molecule has 0 saturated heterocycles. The fourth-order valence-corrected chi connectivity index (χ4v) is 5.19. The molecule has 0 unspecified atom stereocenters. The van der Waals surface area contributed by atoms with Crippen molar-refractivity contribution >= 4 is 11.3 Å². The summed E-state index contributed by atoms with van der Waals surface area (Å²) >= 11 is 1.89. The number of hydrogen-bond acceptors (Lipinski definition) is 4. The predicted molar refractivity (Wildman–Crippen MR) is 102 cm³/mol. The zero-order valence-corrected chi connectivity index (χ0v) is 15.7. The van der Waals surface area contributed by atoms with E-state index >= 15 is 0 Å². The molecule has 1 aromatic carbocycles. The number of thiophene rings is 1. The third-order valence-corrected chi connectivity index (χ3v) is 6.64. The number of benzene rings is 1. The fourth-order valence-electron chi connectivity index (χ4n) is 4.25. The minimum absolute atomic E-state index is 0.107. The topological polar surface area (TPSA) is 32.7 Å². The molecule has 4 rings (SSSR count). The summed E-state index contributed by atoms with van der Waals surface area (Å²) in [4.78, 5) is 5.35. The molecule has 25 heavy (non-hydrogen) atoms. The van der Waals surface area contributed by atoms with Gasteiger partial charge in [0.15, 0.2) is 0 Å². The average molecular weight is 358 g/mol. The first kappa shape index (κ1) is 17.1. The predicted octanol–water partition coefficient (Wildman–Crippen LogP) is 4.37. The van der Waals surface area contributed by atoms with Crippen molar-refractivity contribution in [3.63, 3.8) is 0 Å². The molecule has 0 bridgehead atoms. The van der Waals surface area contributed by atoms with E-state index in [4.69, 9.17) is 4.74 Å². The minimum atomic E-state index is -0.107. The molecule has 2 aliphatic rings. The second-order valence-corrected chi connectivity index (χ2v) is 9.05. The van der Waals surface area contributed by atoms with Crippen LogP contribution in [0.3, 0.4) is 0 Å². The maximum Gasteiger partial charge on any atom is 0.124 e. The highest BCUT2D eigenvalue weighted by atomic mass is 32.1. The molecule has 1 spiro atoms. The number of aliphatic hydroxyl groups is 1. The lowest BCUT2D eigenvalue weighted by molar-refractivity contribution is -0.0152. The van der Waals surface area contributed by atoms with Crippen LogP contribution in [0.25, 0.3) is 0 Å². The Bertz CT molecular complexity index is 718. The fraction of sp³-hybridized carbons (Fsp3) is 0.524. The first-order valence-electron chi connectivity index (χ1n) is 9.31. The number of ether oxygens (including phenoxy) is 1. The molecule has 1 aliphatic carbocycles. The smallest absolute Gasteiger partial charge is 0.124 e. The van der Waals surface area contributed by atoms with E-state index in [0.717, 1.165) is 51.1 Å². The second kappa shape index (κ2) is 7.10. The first-order chi connectivity index (χ1) is 12.2. The van der Waals surface area contributed by atoms with Gasteiger partial charge >= 0.3 is 0 Å². The Morgan fingerprint density at radius 1 is 1.20 bits per heavy atom. The van der Waals surface area contributed by atoms with E-state index in [1.54, 1.807) is 0 Å². The number of aliphatic hydroxyl groups excluding tert-OH is 1. The number of para-hydroxylation sites is 1. The van der Waals surface area contributed by atoms with Gasteiger partial charge in [-0.05, 0) is 56.7 Å². The van der Waals surface area contributed by atoms with Gasteiger partial charge in [-0.25, -0.2) is 0 Å². The van der Waals surface area contributed by atoms with Gasteiger partial charge in [-0.1, -0.05) is 18.2 Å². The van der Waals surface area contributed by atoms with Crippen molar-refractivity contribution in [1.29, 1.82) is 0 Å². The van der Waals surface area contributed by atoms with E-state index in [1.807, 2.05) is 11.3 Å². The number of nitrogens with zero attached hydrogens (tertiary/aromatic N) is 1. The van der Waals surface area contributed by atoms with Gasteiger partial charge in [0.05, 0.1) is 0 Å². The van der Waals surface area contributed by atoms with Crippen LogP contribution in [-0.4, -0.2) is 28.8 Å². The molecule has 2 heterocycles. The Hall–Kier alpha value is -1.36. The molecule has 3 nitrogen and oxygen atoms in total. The largest absolute Gasteiger partial charge is 0.486 e. The Morgan fingerprint density at radius 3 is 2.72 bits per heavy atom. The lowest BCUT2D eigenvalue weighted by Crippen LogP contribution is -2.48. The van der Waals surface area contributed by atoms with Gasteiger partial charge < -0.3 is 9.84 Å². The molecule has 1 aromatic heterocycles. The minimum Gasteiger partial charge on any atom is -0.486 e. The quantitative estimate of drug-likeness (QED) is 0.885. The summed E-state index contributed by atoms with van der Waals surface area (Å²) < 4.78 is 6.63. The van der Waals surface area contributed by atoms with Gasteiger partial charge in [-0.3, -0.25) is 4.90 Å². The van der Waals surface area contributed by atoms with Crippen molar-refractivity contribution in [2.45, 2.75) is 51.3 Å². The summed E-state index contributed by atoms with van der Waals surface area (Å²) in [5, 5.41) is 9.49. The monoisotopic (exact) mass is 357 g/mol. The second-order valence-electron chi connectivity index (χ2n) is 7.68. The summed E-state index contributed by atoms with van der Waals surface area (Å²) in [6.07, 6.45) is 4.19. The molecular weight excluding hydrogens is 330 g/mol. The number of rotatable bonds is 3. The van der Waals surface area contributed by atoms with Crippen LogP contribution >= 0.6 is 11.3 Å². The van der Waals surface area contributed by atoms with Crippen LogP contribution in [0.1, 0.15) is 41.0 Å². The zero-order valence-electron chi connectivity index (χ0n) is 14.9. The average Bonchev–Trinajstić information content (AvgIpc) is 2.95. The Labute approximate surface area is 154 Å². The van der Waals surface area contributed by atoms with E-state index in [1.165, 1.54) is 15.3 Å². The molecule has 4 heteroatoms. The van der Waals surface area contributed by atoms with Gasteiger partial charge in [0.1, 0.15) is 11.4 Å². The van der Waals surface area contributed by atoms with Crippen molar-refractivity contribution in [1.82, 2.24) is 4.90 Å². The van der Waals surface area contributed by atoms with Gasteiger partial charge in [0, 0.05) is 41.6 Å². The molecule has 1 aliphatic heterocycles. The first-order valence-corrected chi connectivity index (χ1v) is 10.1. The summed E-state index contributed by atoms with van der Waals surface area (Å²) in [6.45, 7) is 5.38. The third kappa shape index (κ3) is 3.76. The highest BCUT2D eigenvalue weighted by Crippen LogP contribution is 2.40. The lowest BCUT2D eigenvalue weighted by Gasteiger charge is -2.41. The Morgan fingerprint density at radius 2 is 2.00 bits per heavy atom. The van der Waals surface area contributed by atoms with E-state index in [0.29, 0.717) is 12.5 Å². The molecule has 134 valence electrons. The van der Waals surface area contributed by atoms with Crippen LogP contribution < -0.4 is 4.74 Å². The van der Waals surface area contributed by atoms with Crippen LogP contribution in [0, 0.1) is 12.8 Å². The normalized spacial score (nSPS) is 26.9. The molecule has 1 N–H and O–H groups in total. The van der Waals surface area contributed by atoms with E-state index in [-0.39, 0.29) is 5.60 Å². The van der Waals surface area contributed by atoms with Crippen molar-refractivity contribution in [3.05, 3.63) is 51.7 Å². The molecule has 0 radical (unpaired) electrons. The maximum absolute atomic E-state index is 9.49. The number of hydrogen-bond donors (Lipinski definition) is 1. The van der Waals surface area contributed by atoms with E-state index in [2.05, 4.69) is 48.2 Å². The summed E-state index contributed by atoms with van der Waals surface area (Å²) in [7, 11) is 0. The Kier molecular flexibility index (Phi) is 4.85. The third-order valence-electron chi connectivity index (χ3n) is 5.65. The van der Waals surface area contributed by atoms with Crippen molar-refractivity contribution in [2.75, 3.05) is 13.2 Å². The molecule has 0 atom stereocenters. The van der Waals surface area contributed by atoms with Crippen molar-refractivity contribution < 1.29 is 9.84 Å². The number of fused-ring (bicyclic) bond motifs is 1. The molecule has 1 saturated carbocycles. The summed E-state index contributed by atoms with van der Waals surface area (Å²) in [5.41, 5.74) is 1.18. The van der Waals surface area contributed by atoms with Crippen molar-refractivity contribution in [3.8, 4) is 5.75 Å².